The van der Waals surface area contributed by atoms with Gasteiger partial charge in [-0.15, -0.1) is 0 Å². The molecule has 38 heavy (non-hydrogen) atoms. The quantitative estimate of drug-likeness (QED) is 0.223. The fourth-order valence-corrected chi connectivity index (χ4v) is 8.05. The van der Waals surface area contributed by atoms with E-state index in [1.54, 1.807) is 36.4 Å². The van der Waals surface area contributed by atoms with E-state index in [-0.39, 0.29) is 16.6 Å². The van der Waals surface area contributed by atoms with Gasteiger partial charge in [-0.25, -0.2) is 0 Å². The molecule has 1 aliphatic rings. The number of aromatic nitrogens is 1. The van der Waals surface area contributed by atoms with E-state index in [9.17, 15) is 23.5 Å². The van der Waals surface area contributed by atoms with Gasteiger partial charge in [-0.05, 0) is 0 Å². The molecule has 0 amide bonds. The van der Waals surface area contributed by atoms with Gasteiger partial charge in [0.15, 0.2) is 0 Å². The second kappa shape index (κ2) is 11.0. The van der Waals surface area contributed by atoms with E-state index in [4.69, 9.17) is 11.6 Å². The van der Waals surface area contributed by atoms with E-state index in [1.165, 1.54) is 12.1 Å². The Bertz CT molecular complexity index is 1520. The molecular formula is C30H24AsClF2NO3. The zero-order valence-corrected chi connectivity index (χ0v) is 23.0. The fourth-order valence-electron chi connectivity index (χ4n) is 5.20. The number of pyridine rings is 1. The van der Waals surface area contributed by atoms with Crippen LogP contribution >= 0.6 is 11.6 Å². The van der Waals surface area contributed by atoms with Crippen molar-refractivity contribution in [3.8, 4) is 11.3 Å². The van der Waals surface area contributed by atoms with Crippen LogP contribution in [-0.2, 0) is 21.4 Å². The molecule has 0 spiro atoms. The molecule has 8 heteroatoms. The molecule has 1 radical (unpaired) electrons. The van der Waals surface area contributed by atoms with Gasteiger partial charge in [0.25, 0.3) is 0 Å². The first-order valence-electron chi connectivity index (χ1n) is 12.3. The van der Waals surface area contributed by atoms with Crippen LogP contribution in [0.3, 0.4) is 0 Å². The number of hydrogen-bond donors (Lipinski definition) is 1. The van der Waals surface area contributed by atoms with Crippen molar-refractivity contribution in [1.82, 2.24) is 4.98 Å². The van der Waals surface area contributed by atoms with Gasteiger partial charge in [0, 0.05) is 0 Å². The second-order valence-electron chi connectivity index (χ2n) is 9.61. The average Bonchev–Trinajstić information content (AvgIpc) is 3.41. The van der Waals surface area contributed by atoms with E-state index < -0.39 is 43.5 Å². The summed E-state index contributed by atoms with van der Waals surface area (Å²) in [5, 5.41) is 11.4. The summed E-state index contributed by atoms with van der Waals surface area (Å²) in [4.78, 5) is 30.4. The van der Waals surface area contributed by atoms with Gasteiger partial charge in [-0.1, -0.05) is 0 Å². The molecule has 193 valence electrons. The van der Waals surface area contributed by atoms with Gasteiger partial charge in [0.2, 0.25) is 0 Å². The van der Waals surface area contributed by atoms with Gasteiger partial charge in [-0.3, -0.25) is 0 Å². The predicted molar refractivity (Wildman–Crippen MR) is 145 cm³/mol. The number of fused-ring (bicyclic) bond motifs is 1. The number of carboxylic acid groups (broad SMARTS) is 1. The molecule has 1 unspecified atom stereocenters. The Labute approximate surface area is 230 Å². The van der Waals surface area contributed by atoms with Crippen molar-refractivity contribution in [3.05, 3.63) is 101 Å². The third-order valence-electron chi connectivity index (χ3n) is 7.23. The average molecular weight is 595 g/mol. The number of hydrogen-bond acceptors (Lipinski definition) is 3. The summed E-state index contributed by atoms with van der Waals surface area (Å²) in [5.41, 5.74) is 2.04. The normalized spacial score (nSPS) is 15.8. The van der Waals surface area contributed by atoms with Gasteiger partial charge in [0.1, 0.15) is 0 Å². The maximum atomic E-state index is 14.2. The third-order valence-corrected chi connectivity index (χ3v) is 10.4. The molecule has 4 aromatic rings. The van der Waals surface area contributed by atoms with Crippen molar-refractivity contribution in [2.24, 2.45) is 0 Å². The summed E-state index contributed by atoms with van der Waals surface area (Å²) >= 11 is 4.93. The van der Waals surface area contributed by atoms with Crippen LogP contribution in [0.4, 0.5) is 8.78 Å². The Morgan fingerprint density at radius 1 is 1.00 bits per heavy atom. The molecule has 0 saturated heterocycles. The van der Waals surface area contributed by atoms with Crippen LogP contribution in [0.2, 0.25) is 9.73 Å². The van der Waals surface area contributed by atoms with Crippen LogP contribution in [0.5, 0.6) is 0 Å². The number of nitrogens with zero attached hydrogens (tertiary/aromatic N) is 1. The number of carbonyl (C=O) groups excluding carboxylic acids is 1. The third kappa shape index (κ3) is 5.25. The van der Waals surface area contributed by atoms with Crippen molar-refractivity contribution >= 4 is 48.8 Å². The molecule has 5 rings (SSSR count). The molecule has 0 aliphatic heterocycles. The summed E-state index contributed by atoms with van der Waals surface area (Å²) in [6.45, 7) is 0. The van der Waals surface area contributed by atoms with E-state index in [0.29, 0.717) is 16.2 Å². The molecule has 1 heterocycles. The first kappa shape index (κ1) is 26.5. The van der Waals surface area contributed by atoms with Crippen molar-refractivity contribution in [3.63, 3.8) is 0 Å². The van der Waals surface area contributed by atoms with Gasteiger partial charge >= 0.3 is 231 Å². The molecular weight excluding hydrogens is 571 g/mol. The Balaban J connectivity index is 1.37. The number of carbonyl (C=O) groups is 2. The maximum absolute atomic E-state index is 14.2. The zero-order valence-electron chi connectivity index (χ0n) is 20.3. The van der Waals surface area contributed by atoms with E-state index in [2.05, 4.69) is 4.98 Å². The molecule has 1 saturated carbocycles. The SMILES string of the molecule is O=C(O)C(Cc1ccc2nc(-c3cccc(F)c3F)ccc2c1)[As]C(=O)C1(c2ccc(Cl)cc2)CCCC1. The number of aliphatic carboxylic acids is 1. The Morgan fingerprint density at radius 3 is 2.45 bits per heavy atom. The number of carboxylic acids is 1. The first-order chi connectivity index (χ1) is 18.3. The molecule has 4 nitrogen and oxygen atoms in total. The van der Waals surface area contributed by atoms with Gasteiger partial charge < -0.3 is 0 Å². The van der Waals surface area contributed by atoms with Crippen molar-refractivity contribution < 1.29 is 23.5 Å². The van der Waals surface area contributed by atoms with Crippen molar-refractivity contribution in [2.75, 3.05) is 0 Å². The molecule has 1 N–H and O–H groups in total. The molecule has 3 aromatic carbocycles. The topological polar surface area (TPSA) is 67.3 Å². The van der Waals surface area contributed by atoms with E-state index >= 15 is 0 Å². The number of benzene rings is 3. The summed E-state index contributed by atoms with van der Waals surface area (Å²) < 4.78 is 27.2. The number of halogens is 3. The van der Waals surface area contributed by atoms with E-state index in [1.807, 2.05) is 18.2 Å². The summed E-state index contributed by atoms with van der Waals surface area (Å²) in [7, 11) is 0. The molecule has 1 atom stereocenters. The number of rotatable bonds is 8. The van der Waals surface area contributed by atoms with E-state index in [0.717, 1.165) is 48.3 Å². The van der Waals surface area contributed by atoms with Crippen LogP contribution in [0.1, 0.15) is 36.8 Å². The van der Waals surface area contributed by atoms with Crippen LogP contribution in [-0.4, -0.2) is 36.4 Å². The zero-order chi connectivity index (χ0) is 26.9. The van der Waals surface area contributed by atoms with Crippen LogP contribution in [0.15, 0.2) is 72.8 Å². The Hall–Kier alpha value is -3.08. The fraction of sp³-hybridized carbons (Fsp3) is 0.233. The Kier molecular flexibility index (Phi) is 7.65. The summed E-state index contributed by atoms with van der Waals surface area (Å²) in [6, 6.07) is 20.1. The second-order valence-corrected chi connectivity index (χ2v) is 12.8. The van der Waals surface area contributed by atoms with Crippen LogP contribution in [0, 0.1) is 11.6 Å². The van der Waals surface area contributed by atoms with Crippen molar-refractivity contribution in [1.29, 1.82) is 0 Å². The van der Waals surface area contributed by atoms with Crippen molar-refractivity contribution in [2.45, 2.75) is 42.2 Å². The van der Waals surface area contributed by atoms with Gasteiger partial charge in [0.05, 0.1) is 0 Å². The molecule has 1 fully saturated rings. The standard InChI is InChI=1S/C30H24AsClF2NO3/c32-21-10-8-20(9-11-21)30(14-1-2-15-30)29(38)31-23(28(36)37)17-18-6-12-25-19(16-18)7-13-26(35-25)22-4-3-5-24(33)27(22)34/h3-13,16,23H,1-2,14-15,17H2,(H,36,37). The minimum absolute atomic E-state index is 0.0465. The first-order valence-corrected chi connectivity index (χ1v) is 14.7. The molecule has 1 aliphatic carbocycles. The van der Waals surface area contributed by atoms with Crippen LogP contribution < -0.4 is 0 Å². The van der Waals surface area contributed by atoms with Crippen LogP contribution in [0.25, 0.3) is 22.2 Å². The van der Waals surface area contributed by atoms with Gasteiger partial charge in [-0.2, -0.15) is 0 Å². The summed E-state index contributed by atoms with van der Waals surface area (Å²) in [5.74, 6) is -2.86. The summed E-state index contributed by atoms with van der Waals surface area (Å²) in [6.07, 6.45) is 3.56. The molecule has 0 bridgehead atoms. The Morgan fingerprint density at radius 2 is 1.74 bits per heavy atom. The molecule has 1 aromatic heterocycles. The predicted octanol–water partition coefficient (Wildman–Crippen LogP) is 6.99. The minimum atomic E-state index is -1.13. The monoisotopic (exact) mass is 594 g/mol.